The van der Waals surface area contributed by atoms with Gasteiger partial charge in [-0.2, -0.15) is 13.6 Å². The number of carbonyl (C=O) groups excluding carboxylic acids is 1. The van der Waals surface area contributed by atoms with Crippen molar-refractivity contribution in [2.75, 3.05) is 5.32 Å². The molecule has 2 aromatic rings. The molecule has 0 heterocycles. The number of rotatable bonds is 6. The van der Waals surface area contributed by atoms with Crippen molar-refractivity contribution in [2.45, 2.75) is 18.9 Å². The van der Waals surface area contributed by atoms with E-state index in [0.29, 0.717) is 0 Å². The highest BCUT2D eigenvalue weighted by molar-refractivity contribution is 14.1. The lowest BCUT2D eigenvalue weighted by Crippen LogP contribution is -2.48. The molecule has 0 aliphatic heterocycles. The van der Waals surface area contributed by atoms with Gasteiger partial charge in [0, 0.05) is 10.5 Å². The lowest BCUT2D eigenvalue weighted by atomic mass is 10.1. The maximum absolute atomic E-state index is 13.8. The van der Waals surface area contributed by atoms with Gasteiger partial charge in [-0.05, 0) is 52.9 Å². The smallest absolute Gasteiger partial charge is 0.355 e. The van der Waals surface area contributed by atoms with Crippen LogP contribution in [0, 0.1) is 9.39 Å². The quantitative estimate of drug-likeness (QED) is 0.254. The van der Waals surface area contributed by atoms with Gasteiger partial charge in [-0.3, -0.25) is 4.79 Å². The molecule has 0 radical (unpaired) electrons. The van der Waals surface area contributed by atoms with Crippen LogP contribution in [0.15, 0.2) is 30.3 Å². The van der Waals surface area contributed by atoms with Crippen molar-refractivity contribution in [3.8, 4) is 0 Å². The van der Waals surface area contributed by atoms with Gasteiger partial charge in [0.05, 0.1) is 27.0 Å². The van der Waals surface area contributed by atoms with Crippen LogP contribution in [0.4, 0.5) is 28.9 Å². The van der Waals surface area contributed by atoms with Crippen LogP contribution in [0.25, 0.3) is 0 Å². The highest BCUT2D eigenvalue weighted by Crippen LogP contribution is 2.33. The summed E-state index contributed by atoms with van der Waals surface area (Å²) in [4.78, 5) is 15.9. The maximum atomic E-state index is 13.8. The fraction of sp³-hybridized carbons (Fsp3) is 0.188. The van der Waals surface area contributed by atoms with Crippen molar-refractivity contribution < 1.29 is 32.3 Å². The van der Waals surface area contributed by atoms with E-state index in [1.54, 1.807) is 18.2 Å². The van der Waals surface area contributed by atoms with Crippen LogP contribution in [0.1, 0.15) is 17.3 Å². The van der Waals surface area contributed by atoms with Crippen LogP contribution < -0.4 is 10.8 Å². The van der Waals surface area contributed by atoms with Crippen molar-refractivity contribution in [1.82, 2.24) is 5.48 Å². The summed E-state index contributed by atoms with van der Waals surface area (Å²) in [6.07, 6.45) is -4.75. The third kappa shape index (κ3) is 5.38. The van der Waals surface area contributed by atoms with E-state index in [1.807, 2.05) is 22.6 Å². The number of anilines is 2. The number of benzene rings is 2. The largest absolute Gasteiger partial charge is 0.434 e. The molecule has 0 aromatic heterocycles. The summed E-state index contributed by atoms with van der Waals surface area (Å²) >= 11 is 13.7. The Balaban J connectivity index is 2.33. The van der Waals surface area contributed by atoms with Crippen molar-refractivity contribution in [2.24, 2.45) is 0 Å². The molecule has 0 saturated carbocycles. The Kier molecular flexibility index (Phi) is 7.03. The van der Waals surface area contributed by atoms with Crippen LogP contribution in [0.2, 0.25) is 10.0 Å². The molecule has 0 fully saturated rings. The van der Waals surface area contributed by atoms with Gasteiger partial charge in [0.15, 0.2) is 0 Å². The molecule has 1 unspecified atom stereocenters. The predicted octanol–water partition coefficient (Wildman–Crippen LogP) is 5.41. The molecule has 1 amide bonds. The number of aliphatic hydroxyl groups is 1. The van der Waals surface area contributed by atoms with E-state index in [0.717, 1.165) is 15.7 Å². The molecule has 12 heteroatoms. The van der Waals surface area contributed by atoms with Gasteiger partial charge in [0.2, 0.25) is 0 Å². The second kappa shape index (κ2) is 8.57. The predicted molar refractivity (Wildman–Crippen MR) is 104 cm³/mol. The molecule has 0 aliphatic carbocycles. The summed E-state index contributed by atoms with van der Waals surface area (Å²) in [6.45, 7) is 0.139. The van der Waals surface area contributed by atoms with Crippen LogP contribution >= 0.6 is 45.8 Å². The topological polar surface area (TPSA) is 70.6 Å². The minimum absolute atomic E-state index is 0.139. The van der Waals surface area contributed by atoms with Gasteiger partial charge in [0.25, 0.3) is 11.8 Å². The van der Waals surface area contributed by atoms with E-state index < -0.39 is 34.3 Å². The molecule has 2 aromatic carbocycles. The Morgan fingerprint density at radius 2 is 1.79 bits per heavy atom. The maximum Gasteiger partial charge on any atom is 0.434 e. The molecule has 0 aliphatic rings. The lowest BCUT2D eigenvalue weighted by molar-refractivity contribution is -0.377. The fourth-order valence-electron chi connectivity index (χ4n) is 1.83. The molecule has 0 bridgehead atoms. The van der Waals surface area contributed by atoms with Gasteiger partial charge >= 0.3 is 6.11 Å². The number of halogens is 7. The zero-order valence-electron chi connectivity index (χ0n) is 13.8. The Labute approximate surface area is 180 Å². The molecule has 152 valence electrons. The zero-order chi connectivity index (χ0) is 21.3. The summed E-state index contributed by atoms with van der Waals surface area (Å²) in [7, 11) is 0. The van der Waals surface area contributed by atoms with E-state index in [1.165, 1.54) is 5.48 Å². The van der Waals surface area contributed by atoms with Crippen LogP contribution in [0.5, 0.6) is 0 Å². The molecule has 3 N–H and O–H groups in total. The normalized spacial score (nSPS) is 13.8. The average molecular weight is 553 g/mol. The number of hydroxylamine groups is 1. The number of nitrogens with one attached hydrogen (secondary N) is 2. The van der Waals surface area contributed by atoms with Gasteiger partial charge in [-0.15, -0.1) is 0 Å². The van der Waals surface area contributed by atoms with Crippen molar-refractivity contribution >= 4 is 63.1 Å². The minimum atomic E-state index is -4.75. The monoisotopic (exact) mass is 552 g/mol. The van der Waals surface area contributed by atoms with Gasteiger partial charge in [-0.1, -0.05) is 23.2 Å². The van der Waals surface area contributed by atoms with Crippen LogP contribution in [0.3, 0.4) is 0 Å². The molecule has 5 nitrogen and oxygen atoms in total. The summed E-state index contributed by atoms with van der Waals surface area (Å²) in [6, 6.07) is 6.50. The standard InChI is InChI=1S/C16H11Cl2F4IN2O3/c1-15(20,27)16(21,22)28-25-14(26)8-5-9(17)11(19)6-13(8)24-12-3-2-7(23)4-10(12)18/h2-6,24,27H,1H3,(H,25,26). The van der Waals surface area contributed by atoms with Gasteiger partial charge in [0.1, 0.15) is 5.82 Å². The summed E-state index contributed by atoms with van der Waals surface area (Å²) in [5.74, 6) is -6.27. The second-order valence-electron chi connectivity index (χ2n) is 5.56. The zero-order valence-corrected chi connectivity index (χ0v) is 17.5. The van der Waals surface area contributed by atoms with Crippen LogP contribution in [-0.4, -0.2) is 23.0 Å². The van der Waals surface area contributed by atoms with Crippen molar-refractivity contribution in [1.29, 1.82) is 0 Å². The first kappa shape index (κ1) is 22.9. The number of hydrogen-bond donors (Lipinski definition) is 3. The number of hydrogen-bond acceptors (Lipinski definition) is 4. The van der Waals surface area contributed by atoms with E-state index in [-0.39, 0.29) is 23.3 Å². The molecule has 28 heavy (non-hydrogen) atoms. The molecular formula is C16H11Cl2F4IN2O3. The van der Waals surface area contributed by atoms with Crippen molar-refractivity contribution in [3.05, 3.63) is 55.3 Å². The molecule has 0 saturated heterocycles. The Morgan fingerprint density at radius 3 is 2.36 bits per heavy atom. The highest BCUT2D eigenvalue weighted by atomic mass is 127. The van der Waals surface area contributed by atoms with E-state index in [2.05, 4.69) is 10.2 Å². The lowest BCUT2D eigenvalue weighted by Gasteiger charge is -2.24. The molecule has 1 atom stereocenters. The average Bonchev–Trinajstić information content (AvgIpc) is 2.57. The summed E-state index contributed by atoms with van der Waals surface area (Å²) in [5.41, 5.74) is 1.000. The molecule has 0 spiro atoms. The first-order valence-corrected chi connectivity index (χ1v) is 9.14. The Bertz CT molecular complexity index is 910. The Morgan fingerprint density at radius 1 is 1.14 bits per heavy atom. The first-order chi connectivity index (χ1) is 12.8. The molecular weight excluding hydrogens is 542 g/mol. The van der Waals surface area contributed by atoms with E-state index in [4.69, 9.17) is 28.3 Å². The summed E-state index contributed by atoms with van der Waals surface area (Å²) < 4.78 is 54.3. The van der Waals surface area contributed by atoms with Gasteiger partial charge in [-0.25, -0.2) is 14.3 Å². The van der Waals surface area contributed by atoms with Crippen molar-refractivity contribution in [3.63, 3.8) is 0 Å². The second-order valence-corrected chi connectivity index (χ2v) is 7.62. The molecule has 2 rings (SSSR count). The third-order valence-corrected chi connectivity index (χ3v) is 4.58. The Hall–Kier alpha value is -1.34. The van der Waals surface area contributed by atoms with E-state index in [9.17, 15) is 22.4 Å². The fourth-order valence-corrected chi connectivity index (χ4v) is 2.90. The highest BCUT2D eigenvalue weighted by Gasteiger charge is 2.53. The number of amides is 1. The minimum Gasteiger partial charge on any atom is -0.355 e. The SMILES string of the molecule is CC(O)(F)C(F)(F)ONC(=O)c1cc(Cl)c(F)cc1Nc1ccc(I)cc1Cl. The van der Waals surface area contributed by atoms with Crippen LogP contribution in [-0.2, 0) is 4.84 Å². The summed E-state index contributed by atoms with van der Waals surface area (Å²) in [5, 5.41) is 11.2. The number of alkyl halides is 3. The van der Waals surface area contributed by atoms with E-state index >= 15 is 0 Å². The number of carbonyl (C=O) groups is 1. The van der Waals surface area contributed by atoms with Gasteiger partial charge < -0.3 is 10.4 Å². The first-order valence-electron chi connectivity index (χ1n) is 7.30. The third-order valence-electron chi connectivity index (χ3n) is 3.31.